The zero-order valence-electron chi connectivity index (χ0n) is 8.87. The zero-order valence-corrected chi connectivity index (χ0v) is 9.62. The van der Waals surface area contributed by atoms with Gasteiger partial charge in [0, 0.05) is 18.1 Å². The van der Waals surface area contributed by atoms with Gasteiger partial charge in [0.25, 0.3) is 0 Å². The number of hydrogen-bond donors (Lipinski definition) is 1. The molecule has 0 amide bonds. The predicted octanol–water partition coefficient (Wildman–Crippen LogP) is 3.69. The van der Waals surface area contributed by atoms with Crippen LogP contribution >= 0.6 is 11.6 Å². The summed E-state index contributed by atoms with van der Waals surface area (Å²) >= 11 is 5.77. The van der Waals surface area contributed by atoms with Crippen LogP contribution in [0.3, 0.4) is 0 Å². The van der Waals surface area contributed by atoms with Gasteiger partial charge in [-0.05, 0) is 30.2 Å². The quantitative estimate of drug-likeness (QED) is 0.805. The molecule has 0 fully saturated rings. The number of alkyl halides is 3. The maximum atomic E-state index is 11.9. The second-order valence-corrected chi connectivity index (χ2v) is 4.05. The predicted molar refractivity (Wildman–Crippen MR) is 58.6 cm³/mol. The largest absolute Gasteiger partial charge is 0.390 e. The minimum atomic E-state index is -4.10. The summed E-state index contributed by atoms with van der Waals surface area (Å²) in [7, 11) is 0. The summed E-state index contributed by atoms with van der Waals surface area (Å²) in [5.41, 5.74) is 1.94. The van der Waals surface area contributed by atoms with Crippen LogP contribution in [-0.2, 0) is 6.54 Å². The van der Waals surface area contributed by atoms with Crippen molar-refractivity contribution in [2.45, 2.75) is 26.1 Å². The third kappa shape index (κ3) is 4.86. The van der Waals surface area contributed by atoms with Crippen LogP contribution in [0.1, 0.15) is 17.5 Å². The molecule has 0 heterocycles. The molecule has 0 spiro atoms. The molecule has 90 valence electrons. The Kier molecular flexibility index (Phi) is 4.62. The third-order valence-corrected chi connectivity index (χ3v) is 2.44. The maximum Gasteiger partial charge on any atom is 0.390 e. The molecular formula is C11H13ClF3N. The molecule has 0 aliphatic rings. The Balaban J connectivity index is 2.38. The van der Waals surface area contributed by atoms with E-state index in [4.69, 9.17) is 11.6 Å². The fourth-order valence-electron chi connectivity index (χ4n) is 1.31. The zero-order chi connectivity index (χ0) is 12.2. The van der Waals surface area contributed by atoms with Gasteiger partial charge in [0.05, 0.1) is 6.42 Å². The van der Waals surface area contributed by atoms with Crippen molar-refractivity contribution < 1.29 is 13.2 Å². The molecule has 0 unspecified atom stereocenters. The van der Waals surface area contributed by atoms with Gasteiger partial charge in [0.2, 0.25) is 0 Å². The van der Waals surface area contributed by atoms with Crippen LogP contribution in [0.25, 0.3) is 0 Å². The number of rotatable bonds is 4. The molecule has 0 saturated heterocycles. The topological polar surface area (TPSA) is 12.0 Å². The molecule has 1 rings (SSSR count). The van der Waals surface area contributed by atoms with E-state index in [1.807, 2.05) is 13.0 Å². The molecule has 0 saturated carbocycles. The van der Waals surface area contributed by atoms with Crippen LogP contribution < -0.4 is 5.32 Å². The van der Waals surface area contributed by atoms with Crippen molar-refractivity contribution in [1.82, 2.24) is 5.32 Å². The standard InChI is InChI=1S/C11H13ClF3N/c1-8-6-10(12)3-2-9(8)7-16-5-4-11(13,14)15/h2-3,6,16H,4-5,7H2,1H3. The lowest BCUT2D eigenvalue weighted by Gasteiger charge is -2.09. The molecule has 0 aromatic heterocycles. The highest BCUT2D eigenvalue weighted by Gasteiger charge is 2.25. The number of aryl methyl sites for hydroxylation is 1. The highest BCUT2D eigenvalue weighted by molar-refractivity contribution is 6.30. The summed E-state index contributed by atoms with van der Waals surface area (Å²) in [6.07, 6.45) is -4.90. The SMILES string of the molecule is Cc1cc(Cl)ccc1CNCCC(F)(F)F. The third-order valence-electron chi connectivity index (χ3n) is 2.21. The molecule has 0 atom stereocenters. The summed E-state index contributed by atoms with van der Waals surface area (Å²) < 4.78 is 35.6. The minimum absolute atomic E-state index is 0.0639. The molecule has 16 heavy (non-hydrogen) atoms. The van der Waals surface area contributed by atoms with E-state index in [1.165, 1.54) is 0 Å². The van der Waals surface area contributed by atoms with Gasteiger partial charge >= 0.3 is 6.18 Å². The van der Waals surface area contributed by atoms with Gasteiger partial charge in [-0.25, -0.2) is 0 Å². The molecule has 1 aromatic rings. The van der Waals surface area contributed by atoms with Gasteiger partial charge in [0.1, 0.15) is 0 Å². The second-order valence-electron chi connectivity index (χ2n) is 3.61. The average molecular weight is 252 g/mol. The van der Waals surface area contributed by atoms with Gasteiger partial charge in [-0.15, -0.1) is 0 Å². The first-order chi connectivity index (χ1) is 7.38. The molecule has 1 N–H and O–H groups in total. The fraction of sp³-hybridized carbons (Fsp3) is 0.455. The number of nitrogens with one attached hydrogen (secondary N) is 1. The first-order valence-corrected chi connectivity index (χ1v) is 5.29. The number of benzene rings is 1. The molecule has 1 nitrogen and oxygen atoms in total. The van der Waals surface area contributed by atoms with Crippen LogP contribution in [0.4, 0.5) is 13.2 Å². The normalized spacial score (nSPS) is 11.8. The van der Waals surface area contributed by atoms with E-state index in [0.717, 1.165) is 11.1 Å². The summed E-state index contributed by atoms with van der Waals surface area (Å²) in [6, 6.07) is 5.34. The van der Waals surface area contributed by atoms with Crippen LogP contribution in [0, 0.1) is 6.92 Å². The van der Waals surface area contributed by atoms with Crippen molar-refractivity contribution in [2.24, 2.45) is 0 Å². The Bertz CT molecular complexity index is 350. The number of halogens is 4. The van der Waals surface area contributed by atoms with Gasteiger partial charge in [0.15, 0.2) is 0 Å². The highest BCUT2D eigenvalue weighted by atomic mass is 35.5. The van der Waals surface area contributed by atoms with Gasteiger partial charge in [-0.2, -0.15) is 13.2 Å². The highest BCUT2D eigenvalue weighted by Crippen LogP contribution is 2.18. The monoisotopic (exact) mass is 251 g/mol. The Morgan fingerprint density at radius 1 is 1.31 bits per heavy atom. The van der Waals surface area contributed by atoms with Crippen LogP contribution in [0.5, 0.6) is 0 Å². The number of hydrogen-bond acceptors (Lipinski definition) is 1. The van der Waals surface area contributed by atoms with Gasteiger partial charge in [-0.3, -0.25) is 0 Å². The van der Waals surface area contributed by atoms with Crippen molar-refractivity contribution in [2.75, 3.05) is 6.54 Å². The summed E-state index contributed by atoms with van der Waals surface area (Å²) in [4.78, 5) is 0. The van der Waals surface area contributed by atoms with E-state index >= 15 is 0 Å². The summed E-state index contributed by atoms with van der Waals surface area (Å²) in [5.74, 6) is 0. The molecule has 0 radical (unpaired) electrons. The fourth-order valence-corrected chi connectivity index (χ4v) is 1.54. The van der Waals surface area contributed by atoms with E-state index in [2.05, 4.69) is 5.32 Å². The van der Waals surface area contributed by atoms with Crippen molar-refractivity contribution in [3.63, 3.8) is 0 Å². The van der Waals surface area contributed by atoms with Crippen LogP contribution in [-0.4, -0.2) is 12.7 Å². The second kappa shape index (κ2) is 5.55. The first kappa shape index (κ1) is 13.3. The minimum Gasteiger partial charge on any atom is -0.312 e. The van der Waals surface area contributed by atoms with E-state index in [-0.39, 0.29) is 6.54 Å². The average Bonchev–Trinajstić information content (AvgIpc) is 2.13. The smallest absolute Gasteiger partial charge is 0.312 e. The first-order valence-electron chi connectivity index (χ1n) is 4.91. The lowest BCUT2D eigenvalue weighted by atomic mass is 10.1. The molecule has 0 aliphatic heterocycles. The molecule has 5 heteroatoms. The van der Waals surface area contributed by atoms with E-state index in [0.29, 0.717) is 11.6 Å². The maximum absolute atomic E-state index is 11.9. The van der Waals surface area contributed by atoms with Crippen molar-refractivity contribution in [3.05, 3.63) is 34.3 Å². The lowest BCUT2D eigenvalue weighted by Crippen LogP contribution is -2.21. The Hall–Kier alpha value is -0.740. The van der Waals surface area contributed by atoms with E-state index in [1.54, 1.807) is 12.1 Å². The van der Waals surface area contributed by atoms with E-state index in [9.17, 15) is 13.2 Å². The van der Waals surface area contributed by atoms with Gasteiger partial charge < -0.3 is 5.32 Å². The van der Waals surface area contributed by atoms with Crippen LogP contribution in [0.2, 0.25) is 5.02 Å². The summed E-state index contributed by atoms with van der Waals surface area (Å²) in [5, 5.41) is 3.39. The van der Waals surface area contributed by atoms with E-state index < -0.39 is 12.6 Å². The summed E-state index contributed by atoms with van der Waals surface area (Å²) in [6.45, 7) is 2.25. The molecular weight excluding hydrogens is 239 g/mol. The Morgan fingerprint density at radius 2 is 2.00 bits per heavy atom. The molecule has 0 bridgehead atoms. The molecule has 0 aliphatic carbocycles. The van der Waals surface area contributed by atoms with Crippen LogP contribution in [0.15, 0.2) is 18.2 Å². The lowest BCUT2D eigenvalue weighted by molar-refractivity contribution is -0.133. The molecule has 1 aromatic carbocycles. The van der Waals surface area contributed by atoms with Crippen molar-refractivity contribution in [1.29, 1.82) is 0 Å². The van der Waals surface area contributed by atoms with Crippen molar-refractivity contribution in [3.8, 4) is 0 Å². The van der Waals surface area contributed by atoms with Crippen molar-refractivity contribution >= 4 is 11.6 Å². The Morgan fingerprint density at radius 3 is 2.56 bits per heavy atom. The Labute approximate surface area is 97.6 Å². The van der Waals surface area contributed by atoms with Gasteiger partial charge in [-0.1, -0.05) is 17.7 Å².